The largest absolute Gasteiger partial charge is 0.454 e. The van der Waals surface area contributed by atoms with E-state index >= 15 is 0 Å². The van der Waals surface area contributed by atoms with Gasteiger partial charge in [-0.25, -0.2) is 9.97 Å². The zero-order valence-electron chi connectivity index (χ0n) is 15.7. The molecule has 0 bridgehead atoms. The molecule has 0 aliphatic carbocycles. The van der Waals surface area contributed by atoms with Crippen LogP contribution in [0, 0.1) is 6.92 Å². The van der Waals surface area contributed by atoms with Crippen molar-refractivity contribution in [2.45, 2.75) is 6.92 Å². The van der Waals surface area contributed by atoms with Gasteiger partial charge in [0.25, 0.3) is 5.91 Å². The third-order valence-corrected chi connectivity index (χ3v) is 4.51. The van der Waals surface area contributed by atoms with E-state index in [9.17, 15) is 4.79 Å². The first-order valence-corrected chi connectivity index (χ1v) is 9.29. The molecule has 0 spiro atoms. The zero-order chi connectivity index (χ0) is 19.3. The van der Waals surface area contributed by atoms with E-state index in [1.807, 2.05) is 13.0 Å². The molecule has 2 N–H and O–H groups in total. The van der Waals surface area contributed by atoms with Crippen LogP contribution in [-0.2, 0) is 4.74 Å². The number of morpholine rings is 1. The fourth-order valence-corrected chi connectivity index (χ4v) is 3.10. The second-order valence-corrected chi connectivity index (χ2v) is 6.51. The molecule has 3 heterocycles. The van der Waals surface area contributed by atoms with Crippen LogP contribution in [0.2, 0.25) is 0 Å². The van der Waals surface area contributed by atoms with Crippen molar-refractivity contribution in [1.82, 2.24) is 15.3 Å². The number of rotatable bonds is 6. The number of nitrogens with one attached hydrogen (secondary N) is 2. The molecule has 28 heavy (non-hydrogen) atoms. The highest BCUT2D eigenvalue weighted by Crippen LogP contribution is 2.32. The summed E-state index contributed by atoms with van der Waals surface area (Å²) in [5, 5.41) is 6.13. The zero-order valence-corrected chi connectivity index (χ0v) is 15.7. The summed E-state index contributed by atoms with van der Waals surface area (Å²) in [6.07, 6.45) is 0. The van der Waals surface area contributed by atoms with Crippen molar-refractivity contribution in [3.63, 3.8) is 0 Å². The maximum absolute atomic E-state index is 12.3. The van der Waals surface area contributed by atoms with Gasteiger partial charge in [0.1, 0.15) is 17.5 Å². The number of aromatic nitrogens is 2. The van der Waals surface area contributed by atoms with Gasteiger partial charge in [-0.15, -0.1) is 0 Å². The third kappa shape index (κ3) is 4.25. The highest BCUT2D eigenvalue weighted by atomic mass is 16.7. The minimum atomic E-state index is -0.159. The molecule has 0 saturated carbocycles. The van der Waals surface area contributed by atoms with Gasteiger partial charge in [0.15, 0.2) is 11.5 Å². The van der Waals surface area contributed by atoms with Gasteiger partial charge < -0.3 is 29.7 Å². The number of hydrogen-bond donors (Lipinski definition) is 2. The summed E-state index contributed by atoms with van der Waals surface area (Å²) >= 11 is 0. The van der Waals surface area contributed by atoms with Crippen LogP contribution < -0.4 is 25.0 Å². The van der Waals surface area contributed by atoms with Crippen molar-refractivity contribution >= 4 is 17.5 Å². The molecule has 9 heteroatoms. The van der Waals surface area contributed by atoms with E-state index in [0.717, 1.165) is 24.7 Å². The van der Waals surface area contributed by atoms with Gasteiger partial charge in [-0.1, -0.05) is 0 Å². The molecule has 0 atom stereocenters. The molecule has 1 aromatic heterocycles. The summed E-state index contributed by atoms with van der Waals surface area (Å²) in [7, 11) is 0. The van der Waals surface area contributed by atoms with Gasteiger partial charge >= 0.3 is 0 Å². The van der Waals surface area contributed by atoms with Crippen LogP contribution in [0.4, 0.5) is 11.6 Å². The quantitative estimate of drug-likeness (QED) is 0.716. The molecule has 2 aromatic rings. The van der Waals surface area contributed by atoms with Gasteiger partial charge in [-0.05, 0) is 25.1 Å². The average molecular weight is 385 g/mol. The molecule has 2 aliphatic heterocycles. The highest BCUT2D eigenvalue weighted by Gasteiger charge is 2.16. The fourth-order valence-electron chi connectivity index (χ4n) is 3.10. The minimum absolute atomic E-state index is 0.159. The Kier molecular flexibility index (Phi) is 5.43. The van der Waals surface area contributed by atoms with E-state index < -0.39 is 0 Å². The first-order valence-electron chi connectivity index (χ1n) is 9.29. The van der Waals surface area contributed by atoms with Gasteiger partial charge in [-0.2, -0.15) is 0 Å². The predicted octanol–water partition coefficient (Wildman–Crippen LogP) is 1.19. The van der Waals surface area contributed by atoms with E-state index in [1.165, 1.54) is 0 Å². The maximum Gasteiger partial charge on any atom is 0.251 e. The second-order valence-electron chi connectivity index (χ2n) is 6.51. The smallest absolute Gasteiger partial charge is 0.251 e. The normalized spacial score (nSPS) is 15.4. The molecule has 4 rings (SSSR count). The summed E-state index contributed by atoms with van der Waals surface area (Å²) in [6.45, 7) is 6.13. The Bertz CT molecular complexity index is 854. The molecule has 2 aliphatic rings. The average Bonchev–Trinajstić information content (AvgIpc) is 3.19. The van der Waals surface area contributed by atoms with Crippen molar-refractivity contribution in [3.05, 3.63) is 35.7 Å². The van der Waals surface area contributed by atoms with Crippen LogP contribution >= 0.6 is 0 Å². The molecule has 1 aromatic carbocycles. The first-order chi connectivity index (χ1) is 13.7. The lowest BCUT2D eigenvalue weighted by Gasteiger charge is -2.28. The number of anilines is 2. The number of amides is 1. The third-order valence-electron chi connectivity index (χ3n) is 4.51. The van der Waals surface area contributed by atoms with E-state index in [2.05, 4.69) is 25.5 Å². The summed E-state index contributed by atoms with van der Waals surface area (Å²) in [6, 6.07) is 7.08. The van der Waals surface area contributed by atoms with Crippen LogP contribution in [-0.4, -0.2) is 62.1 Å². The number of aryl methyl sites for hydroxylation is 1. The number of benzene rings is 1. The number of carbonyl (C=O) groups is 1. The Labute approximate surface area is 163 Å². The summed E-state index contributed by atoms with van der Waals surface area (Å²) in [5.41, 5.74) is 0.539. The molecule has 1 fully saturated rings. The first kappa shape index (κ1) is 18.3. The Hall–Kier alpha value is -3.07. The van der Waals surface area contributed by atoms with Crippen LogP contribution in [0.1, 0.15) is 16.2 Å². The van der Waals surface area contributed by atoms with Crippen molar-refractivity contribution in [1.29, 1.82) is 0 Å². The molecule has 1 saturated heterocycles. The highest BCUT2D eigenvalue weighted by molar-refractivity contribution is 5.94. The Morgan fingerprint density at radius 2 is 1.93 bits per heavy atom. The van der Waals surface area contributed by atoms with Crippen molar-refractivity contribution in [3.8, 4) is 11.5 Å². The van der Waals surface area contributed by atoms with Gasteiger partial charge in [0.2, 0.25) is 6.79 Å². The monoisotopic (exact) mass is 385 g/mol. The molecule has 148 valence electrons. The van der Waals surface area contributed by atoms with Gasteiger partial charge in [0.05, 0.1) is 13.2 Å². The van der Waals surface area contributed by atoms with E-state index in [0.29, 0.717) is 49.2 Å². The lowest BCUT2D eigenvalue weighted by atomic mass is 10.2. The van der Waals surface area contributed by atoms with E-state index in [-0.39, 0.29) is 12.7 Å². The predicted molar refractivity (Wildman–Crippen MR) is 103 cm³/mol. The van der Waals surface area contributed by atoms with Gasteiger partial charge in [-0.3, -0.25) is 4.79 Å². The maximum atomic E-state index is 12.3. The number of fused-ring (bicyclic) bond motifs is 1. The van der Waals surface area contributed by atoms with Crippen LogP contribution in [0.5, 0.6) is 11.5 Å². The van der Waals surface area contributed by atoms with Crippen LogP contribution in [0.15, 0.2) is 24.3 Å². The molecular weight excluding hydrogens is 362 g/mol. The number of hydrogen-bond acceptors (Lipinski definition) is 8. The SMILES string of the molecule is Cc1nc(NCCNC(=O)c2ccc3c(c2)OCO3)cc(N2CCOCC2)n1. The van der Waals surface area contributed by atoms with E-state index in [4.69, 9.17) is 14.2 Å². The van der Waals surface area contributed by atoms with Crippen molar-refractivity contribution in [2.24, 2.45) is 0 Å². The topological polar surface area (TPSA) is 97.8 Å². The lowest BCUT2D eigenvalue weighted by Crippen LogP contribution is -2.37. The molecule has 0 radical (unpaired) electrons. The molecule has 9 nitrogen and oxygen atoms in total. The van der Waals surface area contributed by atoms with Crippen molar-refractivity contribution in [2.75, 3.05) is 56.4 Å². The van der Waals surface area contributed by atoms with Crippen LogP contribution in [0.3, 0.4) is 0 Å². The van der Waals surface area contributed by atoms with Crippen molar-refractivity contribution < 1.29 is 19.0 Å². The molecular formula is C19H23N5O4. The minimum Gasteiger partial charge on any atom is -0.454 e. The number of ether oxygens (including phenoxy) is 3. The fraction of sp³-hybridized carbons (Fsp3) is 0.421. The lowest BCUT2D eigenvalue weighted by molar-refractivity contribution is 0.0954. The Morgan fingerprint density at radius 1 is 1.11 bits per heavy atom. The van der Waals surface area contributed by atoms with Gasteiger partial charge in [0, 0.05) is 37.8 Å². The second kappa shape index (κ2) is 8.30. The molecule has 0 unspecified atom stereocenters. The van der Waals surface area contributed by atoms with Crippen LogP contribution in [0.25, 0.3) is 0 Å². The number of carbonyl (C=O) groups excluding carboxylic acids is 1. The summed E-state index contributed by atoms with van der Waals surface area (Å²) in [5.74, 6) is 3.43. The van der Waals surface area contributed by atoms with E-state index in [1.54, 1.807) is 18.2 Å². The Morgan fingerprint density at radius 3 is 2.79 bits per heavy atom. The molecule has 1 amide bonds. The Balaban J connectivity index is 1.29. The summed E-state index contributed by atoms with van der Waals surface area (Å²) in [4.78, 5) is 23.4. The summed E-state index contributed by atoms with van der Waals surface area (Å²) < 4.78 is 16.0. The standard InChI is InChI=1S/C19H23N5O4/c1-13-22-17(11-18(23-13)24-6-8-26-9-7-24)20-4-5-21-19(25)14-2-3-15-16(10-14)28-12-27-15/h2-3,10-11H,4-9,12H2,1H3,(H,21,25)(H,20,22,23). The number of nitrogens with zero attached hydrogens (tertiary/aromatic N) is 3.